The highest BCUT2D eigenvalue weighted by molar-refractivity contribution is 5.02. The summed E-state index contributed by atoms with van der Waals surface area (Å²) in [5.74, 6) is 3.25. The maximum absolute atomic E-state index is 3.86. The highest BCUT2D eigenvalue weighted by Crippen LogP contribution is 2.59. The topological polar surface area (TPSA) is 15.3 Å². The molecule has 0 saturated heterocycles. The first-order valence-electron chi connectivity index (χ1n) is 8.50. The molecule has 0 aromatic heterocycles. The Hall–Kier alpha value is -0.0800. The zero-order valence-corrected chi connectivity index (χ0v) is 13.1. The van der Waals surface area contributed by atoms with E-state index >= 15 is 0 Å². The van der Waals surface area contributed by atoms with Gasteiger partial charge in [-0.2, -0.15) is 0 Å². The summed E-state index contributed by atoms with van der Waals surface area (Å²) in [6.07, 6.45) is 9.28. The third-order valence-corrected chi connectivity index (χ3v) is 6.12. The van der Waals surface area contributed by atoms with Crippen molar-refractivity contribution in [3.8, 4) is 0 Å². The molecule has 110 valence electrons. The molecule has 1 unspecified atom stereocenters. The van der Waals surface area contributed by atoms with Crippen LogP contribution in [0.25, 0.3) is 0 Å². The van der Waals surface area contributed by atoms with Gasteiger partial charge in [0.25, 0.3) is 0 Å². The van der Waals surface area contributed by atoms with E-state index in [4.69, 9.17) is 0 Å². The van der Waals surface area contributed by atoms with Gasteiger partial charge in [-0.1, -0.05) is 6.92 Å². The summed E-state index contributed by atoms with van der Waals surface area (Å²) in [6, 6.07) is 0.637. The number of nitrogens with one attached hydrogen (secondary N) is 1. The Balaban J connectivity index is 1.52. The third kappa shape index (κ3) is 3.00. The molecule has 0 amide bonds. The van der Waals surface area contributed by atoms with Crippen LogP contribution in [-0.2, 0) is 0 Å². The largest absolute Gasteiger partial charge is 0.312 e. The van der Waals surface area contributed by atoms with Gasteiger partial charge in [0.15, 0.2) is 0 Å². The second-order valence-electron chi connectivity index (χ2n) is 8.05. The number of likely N-dealkylation sites (N-methyl/N-ethyl adjacent to an activating group) is 1. The number of rotatable bonds is 6. The highest BCUT2D eigenvalue weighted by atomic mass is 15.1. The van der Waals surface area contributed by atoms with Gasteiger partial charge in [0, 0.05) is 19.1 Å². The molecule has 0 spiro atoms. The van der Waals surface area contributed by atoms with Crippen LogP contribution >= 0.6 is 0 Å². The molecule has 4 aliphatic rings. The van der Waals surface area contributed by atoms with Crippen molar-refractivity contribution in [3.05, 3.63) is 0 Å². The zero-order valence-electron chi connectivity index (χ0n) is 13.1. The van der Waals surface area contributed by atoms with Crippen LogP contribution in [0.2, 0.25) is 0 Å². The average molecular weight is 264 g/mol. The van der Waals surface area contributed by atoms with Gasteiger partial charge in [-0.15, -0.1) is 0 Å². The van der Waals surface area contributed by atoms with Crippen LogP contribution in [0.4, 0.5) is 0 Å². The van der Waals surface area contributed by atoms with Gasteiger partial charge in [0.2, 0.25) is 0 Å². The van der Waals surface area contributed by atoms with Crippen molar-refractivity contribution in [3.63, 3.8) is 0 Å². The molecule has 1 N–H and O–H groups in total. The summed E-state index contributed by atoms with van der Waals surface area (Å²) in [6.45, 7) is 8.22. The maximum atomic E-state index is 3.86. The van der Waals surface area contributed by atoms with E-state index < -0.39 is 0 Å². The minimum atomic E-state index is 0.637. The monoisotopic (exact) mass is 264 g/mol. The van der Waals surface area contributed by atoms with E-state index in [2.05, 4.69) is 31.1 Å². The summed E-state index contributed by atoms with van der Waals surface area (Å²) in [4.78, 5) is 2.41. The van der Waals surface area contributed by atoms with Crippen molar-refractivity contribution in [2.45, 2.75) is 58.4 Å². The lowest BCUT2D eigenvalue weighted by atomic mass is 9.49. The van der Waals surface area contributed by atoms with Gasteiger partial charge in [-0.05, 0) is 82.2 Å². The van der Waals surface area contributed by atoms with Crippen molar-refractivity contribution >= 4 is 0 Å². The first-order chi connectivity index (χ1) is 9.08. The van der Waals surface area contributed by atoms with Gasteiger partial charge in [0.1, 0.15) is 0 Å². The van der Waals surface area contributed by atoms with E-state index in [1.54, 1.807) is 19.3 Å². The molecule has 4 saturated carbocycles. The second kappa shape index (κ2) is 5.37. The van der Waals surface area contributed by atoms with E-state index in [0.717, 1.165) is 24.3 Å². The normalized spacial score (nSPS) is 42.0. The summed E-state index contributed by atoms with van der Waals surface area (Å²) in [5, 5.41) is 3.86. The van der Waals surface area contributed by atoms with E-state index in [1.165, 1.54) is 32.4 Å². The summed E-state index contributed by atoms with van der Waals surface area (Å²) in [7, 11) is 2.23. The Morgan fingerprint density at radius 3 is 2.11 bits per heavy atom. The standard InChI is InChI=1S/C17H32N2/c1-4-19(3)11-13(2)18-12-17-8-14-5-15(9-17)7-16(6-14)10-17/h13-16,18H,4-12H2,1-3H3. The molecule has 4 aliphatic carbocycles. The SMILES string of the molecule is CCN(C)CC(C)NCC12CC3CC(CC(C3)C1)C2. The van der Waals surface area contributed by atoms with Crippen LogP contribution in [0.3, 0.4) is 0 Å². The van der Waals surface area contributed by atoms with Gasteiger partial charge < -0.3 is 10.2 Å². The summed E-state index contributed by atoms with van der Waals surface area (Å²) >= 11 is 0. The van der Waals surface area contributed by atoms with E-state index in [9.17, 15) is 0 Å². The molecule has 0 aromatic rings. The van der Waals surface area contributed by atoms with Crippen LogP contribution in [0.1, 0.15) is 52.4 Å². The summed E-state index contributed by atoms with van der Waals surface area (Å²) in [5.41, 5.74) is 0.688. The van der Waals surface area contributed by atoms with Crippen molar-refractivity contribution in [1.82, 2.24) is 10.2 Å². The predicted molar refractivity (Wildman–Crippen MR) is 81.2 cm³/mol. The van der Waals surface area contributed by atoms with Crippen molar-refractivity contribution in [2.24, 2.45) is 23.2 Å². The Labute approximate surface area is 119 Å². The molecule has 2 heteroatoms. The van der Waals surface area contributed by atoms with Crippen LogP contribution in [0.5, 0.6) is 0 Å². The Bertz CT molecular complexity index is 277. The van der Waals surface area contributed by atoms with Gasteiger partial charge >= 0.3 is 0 Å². The minimum absolute atomic E-state index is 0.637. The Morgan fingerprint density at radius 2 is 1.63 bits per heavy atom. The fraction of sp³-hybridized carbons (Fsp3) is 1.00. The average Bonchev–Trinajstić information content (AvgIpc) is 2.35. The first kappa shape index (κ1) is 13.9. The third-order valence-electron chi connectivity index (χ3n) is 6.12. The van der Waals surface area contributed by atoms with E-state index in [1.807, 2.05) is 0 Å². The van der Waals surface area contributed by atoms with Crippen LogP contribution in [0, 0.1) is 23.2 Å². The molecule has 0 heterocycles. The van der Waals surface area contributed by atoms with Crippen molar-refractivity contribution in [1.29, 1.82) is 0 Å². The Morgan fingerprint density at radius 1 is 1.11 bits per heavy atom. The van der Waals surface area contributed by atoms with Crippen LogP contribution in [-0.4, -0.2) is 37.6 Å². The fourth-order valence-corrected chi connectivity index (χ4v) is 5.56. The van der Waals surface area contributed by atoms with E-state index in [-0.39, 0.29) is 0 Å². The molecule has 19 heavy (non-hydrogen) atoms. The smallest absolute Gasteiger partial charge is 0.0166 e. The summed E-state index contributed by atoms with van der Waals surface area (Å²) < 4.78 is 0. The maximum Gasteiger partial charge on any atom is 0.0166 e. The lowest BCUT2D eigenvalue weighted by Crippen LogP contribution is -2.52. The molecule has 4 bridgehead atoms. The number of hydrogen-bond donors (Lipinski definition) is 1. The van der Waals surface area contributed by atoms with Gasteiger partial charge in [0.05, 0.1) is 0 Å². The number of hydrogen-bond acceptors (Lipinski definition) is 2. The van der Waals surface area contributed by atoms with Crippen molar-refractivity contribution in [2.75, 3.05) is 26.7 Å². The van der Waals surface area contributed by atoms with Crippen LogP contribution in [0.15, 0.2) is 0 Å². The molecular formula is C17H32N2. The fourth-order valence-electron chi connectivity index (χ4n) is 5.56. The lowest BCUT2D eigenvalue weighted by molar-refractivity contribution is -0.0525. The predicted octanol–water partition coefficient (Wildman–Crippen LogP) is 3.13. The molecular weight excluding hydrogens is 232 g/mol. The van der Waals surface area contributed by atoms with Gasteiger partial charge in [-0.25, -0.2) is 0 Å². The Kier molecular flexibility index (Phi) is 3.92. The molecule has 1 atom stereocenters. The first-order valence-corrected chi connectivity index (χ1v) is 8.50. The number of nitrogens with zero attached hydrogens (tertiary/aromatic N) is 1. The highest BCUT2D eigenvalue weighted by Gasteiger charge is 2.50. The van der Waals surface area contributed by atoms with E-state index in [0.29, 0.717) is 11.5 Å². The molecule has 0 aliphatic heterocycles. The second-order valence-corrected chi connectivity index (χ2v) is 8.05. The molecule has 0 aromatic carbocycles. The molecule has 2 nitrogen and oxygen atoms in total. The quantitative estimate of drug-likeness (QED) is 0.793. The lowest BCUT2D eigenvalue weighted by Gasteiger charge is -2.57. The molecule has 4 fully saturated rings. The molecule has 0 radical (unpaired) electrons. The minimum Gasteiger partial charge on any atom is -0.312 e. The van der Waals surface area contributed by atoms with Crippen LogP contribution < -0.4 is 5.32 Å². The van der Waals surface area contributed by atoms with Gasteiger partial charge in [-0.3, -0.25) is 0 Å². The molecule has 4 rings (SSSR count). The zero-order chi connectivity index (χ0) is 13.5. The van der Waals surface area contributed by atoms with Crippen molar-refractivity contribution < 1.29 is 0 Å².